The van der Waals surface area contributed by atoms with Crippen LogP contribution in [0.5, 0.6) is 0 Å². The topological polar surface area (TPSA) is 81.4 Å². The van der Waals surface area contributed by atoms with Crippen LogP contribution in [0.2, 0.25) is 0 Å². The number of para-hydroxylation sites is 1. The van der Waals surface area contributed by atoms with E-state index in [1.54, 1.807) is 6.07 Å². The molecule has 0 unspecified atom stereocenters. The molecule has 5 aromatic rings. The van der Waals surface area contributed by atoms with E-state index in [1.165, 1.54) is 18.4 Å². The zero-order chi connectivity index (χ0) is 24.5. The van der Waals surface area contributed by atoms with Crippen LogP contribution in [0.15, 0.2) is 76.5 Å². The number of carbonyl (C=O) groups excluding carboxylic acids is 2. The van der Waals surface area contributed by atoms with Gasteiger partial charge >= 0.3 is 5.97 Å². The average Bonchev–Trinajstić information content (AvgIpc) is 3.49. The van der Waals surface area contributed by atoms with E-state index in [0.29, 0.717) is 44.0 Å². The first-order valence-corrected chi connectivity index (χ1v) is 11.9. The SMILES string of the molecule is COC(=O)c1c(-c2ccc(C)cc2)csc1NC(=O)c1cc(-c2ccc(C)o2)nc2ccccc12. The number of hydrogen-bond donors (Lipinski definition) is 1. The quantitative estimate of drug-likeness (QED) is 0.276. The molecule has 0 bridgehead atoms. The number of anilines is 1. The summed E-state index contributed by atoms with van der Waals surface area (Å²) in [6.45, 7) is 3.86. The molecule has 174 valence electrons. The molecule has 7 heteroatoms. The van der Waals surface area contributed by atoms with E-state index in [2.05, 4.69) is 10.3 Å². The number of methoxy groups -OCH3 is 1. The maximum Gasteiger partial charge on any atom is 0.341 e. The van der Waals surface area contributed by atoms with Gasteiger partial charge in [0.25, 0.3) is 5.91 Å². The number of amides is 1. The Bertz CT molecular complexity index is 1560. The summed E-state index contributed by atoms with van der Waals surface area (Å²) in [5, 5.41) is 5.92. The van der Waals surface area contributed by atoms with Crippen molar-refractivity contribution in [1.82, 2.24) is 4.98 Å². The number of aryl methyl sites for hydroxylation is 2. The lowest BCUT2D eigenvalue weighted by Gasteiger charge is -2.11. The predicted molar refractivity (Wildman–Crippen MR) is 138 cm³/mol. The van der Waals surface area contributed by atoms with Crippen LogP contribution in [0.4, 0.5) is 5.00 Å². The Hall–Kier alpha value is -4.23. The van der Waals surface area contributed by atoms with Gasteiger partial charge in [-0.15, -0.1) is 11.3 Å². The summed E-state index contributed by atoms with van der Waals surface area (Å²) in [5.74, 6) is 0.472. The van der Waals surface area contributed by atoms with Crippen molar-refractivity contribution in [2.24, 2.45) is 0 Å². The van der Waals surface area contributed by atoms with Gasteiger partial charge in [-0.3, -0.25) is 4.79 Å². The van der Waals surface area contributed by atoms with Crippen LogP contribution in [-0.4, -0.2) is 24.0 Å². The van der Waals surface area contributed by atoms with Crippen molar-refractivity contribution in [2.45, 2.75) is 13.8 Å². The Balaban J connectivity index is 1.58. The van der Waals surface area contributed by atoms with Crippen molar-refractivity contribution < 1.29 is 18.7 Å². The lowest BCUT2D eigenvalue weighted by atomic mass is 10.0. The number of hydrogen-bond acceptors (Lipinski definition) is 6. The molecule has 0 aliphatic carbocycles. The molecular weight excluding hydrogens is 460 g/mol. The Morgan fingerprint density at radius 1 is 1.00 bits per heavy atom. The van der Waals surface area contributed by atoms with Gasteiger partial charge in [0.05, 0.1) is 18.2 Å². The zero-order valence-corrected chi connectivity index (χ0v) is 20.2. The third kappa shape index (κ3) is 4.34. The molecular formula is C28H22N2O4S. The van der Waals surface area contributed by atoms with Gasteiger partial charge in [-0.05, 0) is 43.7 Å². The summed E-state index contributed by atoms with van der Waals surface area (Å²) >= 11 is 1.28. The average molecular weight is 483 g/mol. The maximum absolute atomic E-state index is 13.6. The summed E-state index contributed by atoms with van der Waals surface area (Å²) < 4.78 is 10.8. The van der Waals surface area contributed by atoms with E-state index < -0.39 is 5.97 Å². The number of fused-ring (bicyclic) bond motifs is 1. The molecule has 35 heavy (non-hydrogen) atoms. The van der Waals surface area contributed by atoms with E-state index in [4.69, 9.17) is 9.15 Å². The third-order valence-corrected chi connectivity index (χ3v) is 6.62. The minimum Gasteiger partial charge on any atom is -0.465 e. The highest BCUT2D eigenvalue weighted by molar-refractivity contribution is 7.15. The van der Waals surface area contributed by atoms with Gasteiger partial charge in [-0.2, -0.15) is 0 Å². The minimum absolute atomic E-state index is 0.329. The van der Waals surface area contributed by atoms with Crippen LogP contribution in [-0.2, 0) is 4.74 Å². The van der Waals surface area contributed by atoms with Gasteiger partial charge in [0, 0.05) is 16.3 Å². The molecule has 0 spiro atoms. The number of benzene rings is 2. The van der Waals surface area contributed by atoms with Crippen molar-refractivity contribution in [3.63, 3.8) is 0 Å². The smallest absolute Gasteiger partial charge is 0.341 e. The van der Waals surface area contributed by atoms with E-state index in [1.807, 2.05) is 79.9 Å². The zero-order valence-electron chi connectivity index (χ0n) is 19.4. The first kappa shape index (κ1) is 22.6. The molecule has 1 amide bonds. The van der Waals surface area contributed by atoms with E-state index in [0.717, 1.165) is 16.9 Å². The van der Waals surface area contributed by atoms with Crippen LogP contribution in [0.25, 0.3) is 33.5 Å². The van der Waals surface area contributed by atoms with E-state index in [9.17, 15) is 9.59 Å². The van der Waals surface area contributed by atoms with Gasteiger partial charge in [0.15, 0.2) is 5.76 Å². The molecule has 0 radical (unpaired) electrons. The molecule has 0 fully saturated rings. The fourth-order valence-electron chi connectivity index (χ4n) is 3.93. The lowest BCUT2D eigenvalue weighted by molar-refractivity contribution is 0.0603. The predicted octanol–water partition coefficient (Wildman–Crippen LogP) is 6.88. The number of aromatic nitrogens is 1. The van der Waals surface area contributed by atoms with Crippen LogP contribution in [0.1, 0.15) is 32.0 Å². The van der Waals surface area contributed by atoms with Crippen LogP contribution >= 0.6 is 11.3 Å². The Morgan fingerprint density at radius 3 is 2.49 bits per heavy atom. The molecule has 5 rings (SSSR count). The van der Waals surface area contributed by atoms with Crippen LogP contribution in [0, 0.1) is 13.8 Å². The van der Waals surface area contributed by atoms with Crippen molar-refractivity contribution in [3.05, 3.63) is 94.6 Å². The summed E-state index contributed by atoms with van der Waals surface area (Å²) in [6, 6.07) is 20.7. The fourth-order valence-corrected chi connectivity index (χ4v) is 4.88. The molecule has 0 saturated carbocycles. The molecule has 0 atom stereocenters. The Morgan fingerprint density at radius 2 is 1.77 bits per heavy atom. The van der Waals surface area contributed by atoms with Crippen molar-refractivity contribution in [3.8, 4) is 22.6 Å². The molecule has 0 saturated heterocycles. The number of carbonyl (C=O) groups is 2. The maximum atomic E-state index is 13.6. The fraction of sp³-hybridized carbons (Fsp3) is 0.107. The normalized spacial score (nSPS) is 10.9. The molecule has 2 aromatic carbocycles. The molecule has 6 nitrogen and oxygen atoms in total. The minimum atomic E-state index is -0.511. The highest BCUT2D eigenvalue weighted by Gasteiger charge is 2.24. The van der Waals surface area contributed by atoms with Crippen molar-refractivity contribution >= 4 is 39.1 Å². The number of furan rings is 1. The number of nitrogens with one attached hydrogen (secondary N) is 1. The number of rotatable bonds is 5. The highest BCUT2D eigenvalue weighted by atomic mass is 32.1. The second kappa shape index (κ2) is 9.19. The standard InChI is InChI=1S/C28H22N2O4S/c1-16-8-11-18(12-9-16)21-15-35-27(25(21)28(32)33-3)30-26(31)20-14-23(24-13-10-17(2)34-24)29-22-7-5-4-6-19(20)22/h4-15H,1-3H3,(H,30,31). The largest absolute Gasteiger partial charge is 0.465 e. The number of pyridine rings is 1. The van der Waals surface area contributed by atoms with Crippen molar-refractivity contribution in [1.29, 1.82) is 0 Å². The first-order chi connectivity index (χ1) is 16.9. The molecule has 1 N–H and O–H groups in total. The Labute approximate surface area is 206 Å². The molecule has 3 aromatic heterocycles. The van der Waals surface area contributed by atoms with Crippen LogP contribution in [0.3, 0.4) is 0 Å². The summed E-state index contributed by atoms with van der Waals surface area (Å²) in [6.07, 6.45) is 0. The van der Waals surface area contributed by atoms with Crippen LogP contribution < -0.4 is 5.32 Å². The molecule has 3 heterocycles. The lowest BCUT2D eigenvalue weighted by Crippen LogP contribution is -2.15. The van der Waals surface area contributed by atoms with Gasteiger partial charge in [-0.25, -0.2) is 9.78 Å². The second-order valence-corrected chi connectivity index (χ2v) is 9.03. The molecule has 0 aliphatic rings. The number of thiophene rings is 1. The second-order valence-electron chi connectivity index (χ2n) is 8.15. The van der Waals surface area contributed by atoms with E-state index >= 15 is 0 Å². The molecule has 0 aliphatic heterocycles. The number of esters is 1. The van der Waals surface area contributed by atoms with Gasteiger partial charge in [0.1, 0.15) is 22.0 Å². The van der Waals surface area contributed by atoms with Gasteiger partial charge in [0.2, 0.25) is 0 Å². The highest BCUT2D eigenvalue weighted by Crippen LogP contribution is 2.37. The summed E-state index contributed by atoms with van der Waals surface area (Å²) in [7, 11) is 1.33. The monoisotopic (exact) mass is 482 g/mol. The van der Waals surface area contributed by atoms with Gasteiger partial charge < -0.3 is 14.5 Å². The summed E-state index contributed by atoms with van der Waals surface area (Å²) in [4.78, 5) is 31.0. The van der Waals surface area contributed by atoms with E-state index in [-0.39, 0.29) is 5.91 Å². The third-order valence-electron chi connectivity index (χ3n) is 5.72. The van der Waals surface area contributed by atoms with Gasteiger partial charge in [-0.1, -0.05) is 48.0 Å². The van der Waals surface area contributed by atoms with Crippen molar-refractivity contribution in [2.75, 3.05) is 12.4 Å². The first-order valence-electron chi connectivity index (χ1n) is 11.0. The number of ether oxygens (including phenoxy) is 1. The summed E-state index contributed by atoms with van der Waals surface area (Å²) in [5.41, 5.74) is 4.69. The number of nitrogens with zero attached hydrogens (tertiary/aromatic N) is 1. The Kier molecular flexibility index (Phi) is 5.93.